The molecule has 0 atom stereocenters. The largest absolute Gasteiger partial charge is 0.493 e. The molecule has 0 spiro atoms. The van der Waals surface area contributed by atoms with E-state index in [0.29, 0.717) is 0 Å². The predicted molar refractivity (Wildman–Crippen MR) is 78.4 cm³/mol. The lowest BCUT2D eigenvalue weighted by Gasteiger charge is -2.23. The van der Waals surface area contributed by atoms with E-state index in [0.717, 1.165) is 30.5 Å². The summed E-state index contributed by atoms with van der Waals surface area (Å²) in [5, 5.41) is 0.991. The molecule has 2 heteroatoms. The number of hydrogen-bond acceptors (Lipinski definition) is 1. The molecule has 0 radical (unpaired) electrons. The van der Waals surface area contributed by atoms with Gasteiger partial charge in [0.2, 0.25) is 0 Å². The van der Waals surface area contributed by atoms with Crippen LogP contribution in [-0.4, -0.2) is 11.9 Å². The van der Waals surface area contributed by atoms with Crippen molar-refractivity contribution in [1.29, 1.82) is 0 Å². The monoisotopic (exact) mass is 298 g/mol. The van der Waals surface area contributed by atoms with Crippen molar-refractivity contribution in [3.63, 3.8) is 0 Å². The minimum Gasteiger partial charge on any atom is -0.493 e. The Hall–Kier alpha value is -0.500. The van der Waals surface area contributed by atoms with Crippen molar-refractivity contribution in [1.82, 2.24) is 0 Å². The van der Waals surface area contributed by atoms with Gasteiger partial charge in [0.05, 0.1) is 6.61 Å². The van der Waals surface area contributed by atoms with Gasteiger partial charge in [0.15, 0.2) is 0 Å². The van der Waals surface area contributed by atoms with Gasteiger partial charge in [-0.2, -0.15) is 0 Å². The third-order valence-electron chi connectivity index (χ3n) is 2.80. The standard InChI is InChI=1S/C15H23BrO/c1-5-12-7-8-14(17-10-6-9-16)13(11-12)15(2,3)4/h7-8,11H,5-6,9-10H2,1-4H3. The molecule has 1 aromatic rings. The second-order valence-corrected chi connectivity index (χ2v) is 6.12. The van der Waals surface area contributed by atoms with Gasteiger partial charge in [0, 0.05) is 5.33 Å². The van der Waals surface area contributed by atoms with E-state index in [1.165, 1.54) is 11.1 Å². The predicted octanol–water partition coefficient (Wildman–Crippen LogP) is 4.71. The normalized spacial score (nSPS) is 11.6. The van der Waals surface area contributed by atoms with Gasteiger partial charge in [-0.3, -0.25) is 0 Å². The first-order valence-electron chi connectivity index (χ1n) is 6.31. The van der Waals surface area contributed by atoms with Gasteiger partial charge >= 0.3 is 0 Å². The van der Waals surface area contributed by atoms with Crippen LogP contribution >= 0.6 is 15.9 Å². The maximum atomic E-state index is 5.87. The van der Waals surface area contributed by atoms with Crippen LogP contribution in [0, 0.1) is 0 Å². The van der Waals surface area contributed by atoms with Crippen LogP contribution in [0.2, 0.25) is 0 Å². The van der Waals surface area contributed by atoms with Crippen molar-refractivity contribution in [3.05, 3.63) is 29.3 Å². The van der Waals surface area contributed by atoms with Crippen molar-refractivity contribution in [2.75, 3.05) is 11.9 Å². The molecule has 0 aliphatic rings. The molecule has 0 aromatic heterocycles. The molecule has 0 fully saturated rings. The van der Waals surface area contributed by atoms with Gasteiger partial charge in [0.25, 0.3) is 0 Å². The third kappa shape index (κ3) is 4.34. The first-order valence-corrected chi connectivity index (χ1v) is 7.43. The average molecular weight is 299 g/mol. The summed E-state index contributed by atoms with van der Waals surface area (Å²) in [6.45, 7) is 9.67. The number of benzene rings is 1. The van der Waals surface area contributed by atoms with Crippen molar-refractivity contribution in [3.8, 4) is 5.75 Å². The van der Waals surface area contributed by atoms with E-state index in [4.69, 9.17) is 4.74 Å². The Bertz CT molecular complexity index is 352. The quantitative estimate of drug-likeness (QED) is 0.565. The Kier molecular flexibility index (Phi) is 5.51. The number of rotatable bonds is 5. The second kappa shape index (κ2) is 6.44. The zero-order valence-electron chi connectivity index (χ0n) is 11.3. The summed E-state index contributed by atoms with van der Waals surface area (Å²) in [6, 6.07) is 6.57. The van der Waals surface area contributed by atoms with Crippen LogP contribution in [0.1, 0.15) is 45.2 Å². The van der Waals surface area contributed by atoms with Crippen molar-refractivity contribution in [2.45, 2.75) is 46.0 Å². The Morgan fingerprint density at radius 1 is 1.24 bits per heavy atom. The lowest BCUT2D eigenvalue weighted by molar-refractivity contribution is 0.310. The van der Waals surface area contributed by atoms with Gasteiger partial charge in [-0.1, -0.05) is 55.8 Å². The lowest BCUT2D eigenvalue weighted by atomic mass is 9.85. The van der Waals surface area contributed by atoms with Crippen molar-refractivity contribution >= 4 is 15.9 Å². The average Bonchev–Trinajstić information content (AvgIpc) is 2.28. The first kappa shape index (κ1) is 14.6. The Morgan fingerprint density at radius 3 is 2.47 bits per heavy atom. The highest BCUT2D eigenvalue weighted by Crippen LogP contribution is 2.32. The first-order chi connectivity index (χ1) is 7.99. The van der Waals surface area contributed by atoms with E-state index in [2.05, 4.69) is 61.8 Å². The molecule has 1 rings (SSSR count). The van der Waals surface area contributed by atoms with Crippen LogP contribution in [0.5, 0.6) is 5.75 Å². The van der Waals surface area contributed by atoms with E-state index in [1.54, 1.807) is 0 Å². The number of aryl methyl sites for hydroxylation is 1. The molecule has 0 aliphatic carbocycles. The SMILES string of the molecule is CCc1ccc(OCCCBr)c(C(C)(C)C)c1. The van der Waals surface area contributed by atoms with Crippen LogP contribution < -0.4 is 4.74 Å². The van der Waals surface area contributed by atoms with Gasteiger partial charge in [0.1, 0.15) is 5.75 Å². The molecule has 0 aliphatic heterocycles. The fourth-order valence-electron chi connectivity index (χ4n) is 1.75. The van der Waals surface area contributed by atoms with Gasteiger partial charge < -0.3 is 4.74 Å². The Morgan fingerprint density at radius 2 is 1.94 bits per heavy atom. The molecule has 0 N–H and O–H groups in total. The zero-order valence-corrected chi connectivity index (χ0v) is 12.9. The van der Waals surface area contributed by atoms with Crippen molar-refractivity contribution < 1.29 is 4.74 Å². The molecule has 0 saturated carbocycles. The van der Waals surface area contributed by atoms with Crippen LogP contribution in [-0.2, 0) is 11.8 Å². The van der Waals surface area contributed by atoms with Crippen LogP contribution in [0.4, 0.5) is 0 Å². The number of halogens is 1. The second-order valence-electron chi connectivity index (χ2n) is 5.33. The molecule has 96 valence electrons. The molecule has 0 saturated heterocycles. The highest BCUT2D eigenvalue weighted by atomic mass is 79.9. The lowest BCUT2D eigenvalue weighted by Crippen LogP contribution is -2.14. The highest BCUT2D eigenvalue weighted by Gasteiger charge is 2.19. The Labute approximate surface area is 114 Å². The number of hydrogen-bond donors (Lipinski definition) is 0. The van der Waals surface area contributed by atoms with E-state index in [9.17, 15) is 0 Å². The fraction of sp³-hybridized carbons (Fsp3) is 0.600. The summed E-state index contributed by atoms with van der Waals surface area (Å²) in [5.74, 6) is 1.04. The van der Waals surface area contributed by atoms with Crippen LogP contribution in [0.25, 0.3) is 0 Å². The molecule has 1 nitrogen and oxygen atoms in total. The molecule has 0 unspecified atom stereocenters. The highest BCUT2D eigenvalue weighted by molar-refractivity contribution is 9.09. The van der Waals surface area contributed by atoms with Crippen LogP contribution in [0.3, 0.4) is 0 Å². The van der Waals surface area contributed by atoms with E-state index < -0.39 is 0 Å². The van der Waals surface area contributed by atoms with Crippen molar-refractivity contribution in [2.24, 2.45) is 0 Å². The van der Waals surface area contributed by atoms with Gasteiger partial charge in [-0.15, -0.1) is 0 Å². The van der Waals surface area contributed by atoms with E-state index in [-0.39, 0.29) is 5.41 Å². The molecule has 0 amide bonds. The number of ether oxygens (including phenoxy) is 1. The minimum atomic E-state index is 0.134. The zero-order chi connectivity index (χ0) is 12.9. The maximum absolute atomic E-state index is 5.87. The summed E-state index contributed by atoms with van der Waals surface area (Å²) in [5.41, 5.74) is 2.82. The maximum Gasteiger partial charge on any atom is 0.123 e. The molecule has 0 heterocycles. The molecule has 1 aromatic carbocycles. The molecular weight excluding hydrogens is 276 g/mol. The molecule has 0 bridgehead atoms. The van der Waals surface area contributed by atoms with E-state index >= 15 is 0 Å². The topological polar surface area (TPSA) is 9.23 Å². The third-order valence-corrected chi connectivity index (χ3v) is 3.36. The summed E-state index contributed by atoms with van der Waals surface area (Å²) < 4.78 is 5.87. The summed E-state index contributed by atoms with van der Waals surface area (Å²) in [6.07, 6.45) is 2.11. The number of alkyl halides is 1. The molecule has 17 heavy (non-hydrogen) atoms. The Balaban J connectivity index is 2.95. The summed E-state index contributed by atoms with van der Waals surface area (Å²) in [7, 11) is 0. The summed E-state index contributed by atoms with van der Waals surface area (Å²) in [4.78, 5) is 0. The van der Waals surface area contributed by atoms with Gasteiger partial charge in [-0.25, -0.2) is 0 Å². The van der Waals surface area contributed by atoms with E-state index in [1.807, 2.05) is 0 Å². The fourth-order valence-corrected chi connectivity index (χ4v) is 1.97. The van der Waals surface area contributed by atoms with Crippen LogP contribution in [0.15, 0.2) is 18.2 Å². The molecular formula is C15H23BrO. The summed E-state index contributed by atoms with van der Waals surface area (Å²) >= 11 is 3.42. The minimum absolute atomic E-state index is 0.134. The van der Waals surface area contributed by atoms with Gasteiger partial charge in [-0.05, 0) is 35.4 Å². The smallest absolute Gasteiger partial charge is 0.123 e.